The number of carbonyl (C=O) groups excluding carboxylic acids is 1. The van der Waals surface area contributed by atoms with Crippen molar-refractivity contribution < 1.29 is 9.53 Å². The maximum absolute atomic E-state index is 11.7. The second-order valence-corrected chi connectivity index (χ2v) is 5.65. The Balaban J connectivity index is 2.42. The highest BCUT2D eigenvalue weighted by Gasteiger charge is 2.35. The molecule has 1 aliphatic rings. The molecule has 0 fully saturated rings. The van der Waals surface area contributed by atoms with Gasteiger partial charge in [0.1, 0.15) is 5.75 Å². The molecule has 0 spiro atoms. The summed E-state index contributed by atoms with van der Waals surface area (Å²) in [6.45, 7) is 6.30. The van der Waals surface area contributed by atoms with Crippen LogP contribution >= 0.6 is 0 Å². The molecule has 0 radical (unpaired) electrons. The van der Waals surface area contributed by atoms with Crippen LogP contribution in [-0.4, -0.2) is 5.97 Å². The largest absolute Gasteiger partial charge is 0.426 e. The third kappa shape index (κ3) is 1.52. The predicted molar refractivity (Wildman–Crippen MR) is 72.0 cm³/mol. The molecule has 2 heteroatoms. The van der Waals surface area contributed by atoms with Gasteiger partial charge < -0.3 is 4.74 Å². The number of rotatable bonds is 0. The lowest BCUT2D eigenvalue weighted by Crippen LogP contribution is -2.30. The van der Waals surface area contributed by atoms with E-state index in [-0.39, 0.29) is 11.4 Å². The van der Waals surface area contributed by atoms with E-state index < -0.39 is 0 Å². The van der Waals surface area contributed by atoms with Crippen LogP contribution < -0.4 is 4.74 Å². The zero-order valence-electron chi connectivity index (χ0n) is 10.9. The highest BCUT2D eigenvalue weighted by molar-refractivity contribution is 5.95. The molecular weight excluding hydrogens is 224 g/mol. The van der Waals surface area contributed by atoms with Crippen LogP contribution in [0.5, 0.6) is 5.75 Å². The number of benzene rings is 2. The fourth-order valence-corrected chi connectivity index (χ4v) is 2.75. The van der Waals surface area contributed by atoms with Gasteiger partial charge in [-0.3, -0.25) is 4.79 Å². The van der Waals surface area contributed by atoms with Crippen LogP contribution in [0.15, 0.2) is 30.3 Å². The van der Waals surface area contributed by atoms with Crippen molar-refractivity contribution in [1.29, 1.82) is 0 Å². The lowest BCUT2D eigenvalue weighted by molar-refractivity contribution is -0.136. The second-order valence-electron chi connectivity index (χ2n) is 5.65. The Labute approximate surface area is 107 Å². The van der Waals surface area contributed by atoms with Gasteiger partial charge in [-0.25, -0.2) is 0 Å². The van der Waals surface area contributed by atoms with Crippen molar-refractivity contribution in [2.24, 2.45) is 0 Å². The first kappa shape index (κ1) is 11.3. The van der Waals surface area contributed by atoms with Crippen molar-refractivity contribution in [3.05, 3.63) is 41.5 Å². The van der Waals surface area contributed by atoms with Gasteiger partial charge in [0.15, 0.2) is 0 Å². The highest BCUT2D eigenvalue weighted by atomic mass is 16.5. The number of hydrogen-bond acceptors (Lipinski definition) is 2. The quantitative estimate of drug-likeness (QED) is 0.518. The molecule has 0 saturated heterocycles. The maximum atomic E-state index is 11.7. The number of esters is 1. The Hall–Kier alpha value is -1.83. The molecule has 0 bridgehead atoms. The summed E-state index contributed by atoms with van der Waals surface area (Å²) in [5.41, 5.74) is 2.22. The number of fused-ring (bicyclic) bond motifs is 3. The van der Waals surface area contributed by atoms with Crippen molar-refractivity contribution in [2.75, 3.05) is 0 Å². The lowest BCUT2D eigenvalue weighted by Gasteiger charge is -2.32. The number of carbonyl (C=O) groups is 1. The van der Waals surface area contributed by atoms with Crippen molar-refractivity contribution in [1.82, 2.24) is 0 Å². The van der Waals surface area contributed by atoms with E-state index in [2.05, 4.69) is 32.9 Å². The molecule has 0 atom stereocenters. The number of aryl methyl sites for hydroxylation is 1. The van der Waals surface area contributed by atoms with Gasteiger partial charge in [0, 0.05) is 16.4 Å². The highest BCUT2D eigenvalue weighted by Crippen LogP contribution is 2.43. The third-order valence-corrected chi connectivity index (χ3v) is 3.73. The van der Waals surface area contributed by atoms with Crippen LogP contribution in [0.25, 0.3) is 10.8 Å². The summed E-state index contributed by atoms with van der Waals surface area (Å²) in [6.07, 6.45) is 0.442. The minimum absolute atomic E-state index is 0.137. The zero-order chi connectivity index (χ0) is 12.9. The van der Waals surface area contributed by atoms with Crippen LogP contribution in [-0.2, 0) is 10.2 Å². The molecule has 0 aliphatic carbocycles. The first-order valence-corrected chi connectivity index (χ1v) is 6.22. The molecule has 0 unspecified atom stereocenters. The Morgan fingerprint density at radius 1 is 1.17 bits per heavy atom. The molecule has 0 aromatic heterocycles. The monoisotopic (exact) mass is 240 g/mol. The van der Waals surface area contributed by atoms with E-state index in [4.69, 9.17) is 4.74 Å². The Bertz CT molecular complexity index is 653. The molecule has 92 valence electrons. The van der Waals surface area contributed by atoms with Crippen LogP contribution in [0.1, 0.15) is 31.4 Å². The van der Waals surface area contributed by atoms with Gasteiger partial charge in [0.05, 0.1) is 6.42 Å². The van der Waals surface area contributed by atoms with Crippen molar-refractivity contribution >= 4 is 16.7 Å². The van der Waals surface area contributed by atoms with Crippen LogP contribution in [0, 0.1) is 6.92 Å². The van der Waals surface area contributed by atoms with E-state index in [0.29, 0.717) is 6.42 Å². The normalized spacial score (nSPS) is 17.4. The summed E-state index contributed by atoms with van der Waals surface area (Å²) in [5, 5.41) is 2.19. The summed E-state index contributed by atoms with van der Waals surface area (Å²) in [4.78, 5) is 11.7. The lowest BCUT2D eigenvalue weighted by atomic mass is 9.78. The molecule has 1 heterocycles. The van der Waals surface area contributed by atoms with Gasteiger partial charge in [-0.2, -0.15) is 0 Å². The number of ether oxygens (including phenoxy) is 1. The molecular formula is C16H16O2. The van der Waals surface area contributed by atoms with E-state index in [1.165, 1.54) is 5.56 Å². The van der Waals surface area contributed by atoms with Crippen molar-refractivity contribution in [2.45, 2.75) is 32.6 Å². The fourth-order valence-electron chi connectivity index (χ4n) is 2.75. The van der Waals surface area contributed by atoms with Gasteiger partial charge in [-0.15, -0.1) is 0 Å². The fraction of sp³-hybridized carbons (Fsp3) is 0.312. The molecule has 1 aliphatic heterocycles. The second kappa shape index (κ2) is 3.58. The van der Waals surface area contributed by atoms with Crippen molar-refractivity contribution in [3.63, 3.8) is 0 Å². The average Bonchev–Trinajstić information content (AvgIpc) is 2.30. The van der Waals surface area contributed by atoms with Gasteiger partial charge in [0.2, 0.25) is 0 Å². The summed E-state index contributed by atoms with van der Waals surface area (Å²) in [5.74, 6) is 0.610. The minimum Gasteiger partial charge on any atom is -0.426 e. The van der Waals surface area contributed by atoms with E-state index in [1.807, 2.05) is 18.2 Å². The molecule has 0 amide bonds. The molecule has 2 nitrogen and oxygen atoms in total. The average molecular weight is 240 g/mol. The van der Waals surface area contributed by atoms with Crippen LogP contribution in [0.2, 0.25) is 0 Å². The molecule has 18 heavy (non-hydrogen) atoms. The minimum atomic E-state index is -0.153. The smallest absolute Gasteiger partial charge is 0.312 e. The van der Waals surface area contributed by atoms with Gasteiger partial charge >= 0.3 is 5.97 Å². The zero-order valence-corrected chi connectivity index (χ0v) is 10.9. The molecule has 3 rings (SSSR count). The van der Waals surface area contributed by atoms with Crippen LogP contribution in [0.3, 0.4) is 0 Å². The number of hydrogen-bond donors (Lipinski definition) is 0. The summed E-state index contributed by atoms with van der Waals surface area (Å²) in [7, 11) is 0. The third-order valence-electron chi connectivity index (χ3n) is 3.73. The summed E-state index contributed by atoms with van der Waals surface area (Å²) in [6, 6.07) is 10.2. The topological polar surface area (TPSA) is 26.3 Å². The van der Waals surface area contributed by atoms with E-state index in [9.17, 15) is 4.79 Å². The summed E-state index contributed by atoms with van der Waals surface area (Å²) < 4.78 is 5.50. The Kier molecular flexibility index (Phi) is 2.24. The standard InChI is InChI=1S/C16H16O2/c1-10-8-13-15(12-7-5-4-6-11(10)12)18-14(17)9-16(13,2)3/h4-8H,9H2,1-3H3. The summed E-state index contributed by atoms with van der Waals surface area (Å²) >= 11 is 0. The van der Waals surface area contributed by atoms with E-state index >= 15 is 0 Å². The maximum Gasteiger partial charge on any atom is 0.312 e. The SMILES string of the molecule is Cc1cc2c(c3ccccc13)OC(=O)CC2(C)C. The van der Waals surface area contributed by atoms with Gasteiger partial charge in [-0.05, 0) is 17.9 Å². The first-order chi connectivity index (χ1) is 8.49. The van der Waals surface area contributed by atoms with Gasteiger partial charge in [-0.1, -0.05) is 44.2 Å². The van der Waals surface area contributed by atoms with E-state index in [1.54, 1.807) is 0 Å². The van der Waals surface area contributed by atoms with Gasteiger partial charge in [0.25, 0.3) is 0 Å². The molecule has 2 aromatic rings. The van der Waals surface area contributed by atoms with E-state index in [0.717, 1.165) is 22.1 Å². The van der Waals surface area contributed by atoms with Crippen LogP contribution in [0.4, 0.5) is 0 Å². The van der Waals surface area contributed by atoms with Crippen molar-refractivity contribution in [3.8, 4) is 5.75 Å². The first-order valence-electron chi connectivity index (χ1n) is 6.22. The molecule has 2 aromatic carbocycles. The molecule has 0 saturated carbocycles. The molecule has 0 N–H and O–H groups in total. The predicted octanol–water partition coefficient (Wildman–Crippen LogP) is 3.73. The Morgan fingerprint density at radius 3 is 2.56 bits per heavy atom. The Morgan fingerprint density at radius 2 is 1.83 bits per heavy atom.